The van der Waals surface area contributed by atoms with Crippen LogP contribution in [0.5, 0.6) is 11.5 Å². The van der Waals surface area contributed by atoms with Crippen molar-refractivity contribution in [2.75, 3.05) is 0 Å². The third-order valence-corrected chi connectivity index (χ3v) is 3.75. The lowest BCUT2D eigenvalue weighted by molar-refractivity contribution is -0.138. The minimum atomic E-state index is -1.05. The lowest BCUT2D eigenvalue weighted by Crippen LogP contribution is -2.32. The van der Waals surface area contributed by atoms with Gasteiger partial charge >= 0.3 is 12.1 Å². The number of carboxylic acid groups (broad SMARTS) is 1. The second-order valence-electron chi connectivity index (χ2n) is 5.82. The van der Waals surface area contributed by atoms with E-state index in [0.29, 0.717) is 17.1 Å². The first kappa shape index (κ1) is 18.2. The zero-order valence-corrected chi connectivity index (χ0v) is 14.0. The van der Waals surface area contributed by atoms with Crippen LogP contribution in [0, 0.1) is 0 Å². The molecule has 4 N–H and O–H groups in total. The van der Waals surface area contributed by atoms with Crippen molar-refractivity contribution < 1.29 is 29.0 Å². The number of amides is 2. The number of alkyl carbamates (subject to hydrolysis) is 1. The van der Waals surface area contributed by atoms with Gasteiger partial charge in [-0.1, -0.05) is 24.3 Å². The Bertz CT molecular complexity index is 903. The van der Waals surface area contributed by atoms with Crippen molar-refractivity contribution in [1.29, 1.82) is 0 Å². The molecule has 1 aliphatic rings. The van der Waals surface area contributed by atoms with Crippen molar-refractivity contribution in [3.8, 4) is 11.5 Å². The predicted octanol–water partition coefficient (Wildman–Crippen LogP) is 2.04. The van der Waals surface area contributed by atoms with E-state index in [9.17, 15) is 14.4 Å². The van der Waals surface area contributed by atoms with Crippen LogP contribution in [0.15, 0.2) is 54.3 Å². The molecule has 1 heterocycles. The van der Waals surface area contributed by atoms with E-state index in [-0.39, 0.29) is 12.2 Å². The Morgan fingerprint density at radius 1 is 1.11 bits per heavy atom. The fourth-order valence-corrected chi connectivity index (χ4v) is 2.38. The maximum atomic E-state index is 11.4. The number of carbonyl (C=O) groups excluding carboxylic acids is 2. The highest BCUT2D eigenvalue weighted by atomic mass is 16.6. The molecule has 2 aromatic carbocycles. The summed E-state index contributed by atoms with van der Waals surface area (Å²) < 4.78 is 10.5. The molecule has 8 nitrogen and oxygen atoms in total. The minimum Gasteiger partial charge on any atom is -0.480 e. The Kier molecular flexibility index (Phi) is 5.18. The predicted molar refractivity (Wildman–Crippen MR) is 94.9 cm³/mol. The highest BCUT2D eigenvalue weighted by Gasteiger charge is 2.25. The monoisotopic (exact) mass is 368 g/mol. The van der Waals surface area contributed by atoms with Crippen LogP contribution in [-0.4, -0.2) is 29.1 Å². The van der Waals surface area contributed by atoms with Gasteiger partial charge in [-0.3, -0.25) is 14.9 Å². The van der Waals surface area contributed by atoms with Crippen LogP contribution in [0.2, 0.25) is 0 Å². The number of hydrogen-bond donors (Lipinski definition) is 3. The van der Waals surface area contributed by atoms with Gasteiger partial charge < -0.3 is 20.3 Å². The van der Waals surface area contributed by atoms with E-state index in [4.69, 9.17) is 20.3 Å². The second kappa shape index (κ2) is 7.71. The third-order valence-electron chi connectivity index (χ3n) is 3.75. The van der Waals surface area contributed by atoms with Gasteiger partial charge in [0.25, 0.3) is 5.91 Å². The first-order chi connectivity index (χ1) is 12.9. The highest BCUT2D eigenvalue weighted by Crippen LogP contribution is 2.23. The number of imide groups is 1. The first-order valence-electron chi connectivity index (χ1n) is 8.01. The van der Waals surface area contributed by atoms with Crippen molar-refractivity contribution in [1.82, 2.24) is 5.32 Å². The molecule has 0 aliphatic carbocycles. The normalized spacial score (nSPS) is 16.0. The Hall–Kier alpha value is -3.65. The van der Waals surface area contributed by atoms with Crippen LogP contribution in [0.4, 0.5) is 4.79 Å². The van der Waals surface area contributed by atoms with Crippen LogP contribution in [0.25, 0.3) is 6.08 Å². The average molecular weight is 368 g/mol. The zero-order chi connectivity index (χ0) is 19.4. The van der Waals surface area contributed by atoms with E-state index in [1.807, 2.05) is 5.32 Å². The Labute approximate surface area is 154 Å². The molecule has 2 aromatic rings. The van der Waals surface area contributed by atoms with Crippen molar-refractivity contribution in [2.24, 2.45) is 5.73 Å². The molecule has 3 rings (SSSR count). The summed E-state index contributed by atoms with van der Waals surface area (Å²) >= 11 is 0. The molecule has 1 fully saturated rings. The summed E-state index contributed by atoms with van der Waals surface area (Å²) in [7, 11) is 0. The first-order valence-corrected chi connectivity index (χ1v) is 8.01. The lowest BCUT2D eigenvalue weighted by atomic mass is 10.1. The van der Waals surface area contributed by atoms with Gasteiger partial charge in [0, 0.05) is 0 Å². The van der Waals surface area contributed by atoms with Gasteiger partial charge in [-0.15, -0.1) is 0 Å². The number of cyclic esters (lactones) is 1. The molecular formula is C19H16N2O6. The van der Waals surface area contributed by atoms with Crippen molar-refractivity contribution in [2.45, 2.75) is 12.5 Å². The molecule has 0 radical (unpaired) electrons. The number of hydrogen-bond acceptors (Lipinski definition) is 6. The summed E-state index contributed by atoms with van der Waals surface area (Å²) in [5.41, 5.74) is 6.97. The number of carbonyl (C=O) groups is 3. The summed E-state index contributed by atoms with van der Waals surface area (Å²) in [5, 5.41) is 10.9. The number of carboxylic acids is 1. The van der Waals surface area contributed by atoms with Crippen LogP contribution < -0.4 is 15.8 Å². The molecule has 27 heavy (non-hydrogen) atoms. The maximum absolute atomic E-state index is 11.4. The molecule has 2 amide bonds. The average Bonchev–Trinajstić information content (AvgIpc) is 2.95. The van der Waals surface area contributed by atoms with E-state index in [2.05, 4.69) is 0 Å². The molecule has 1 atom stereocenters. The molecule has 0 aromatic heterocycles. The van der Waals surface area contributed by atoms with Crippen molar-refractivity contribution >= 4 is 24.0 Å². The fraction of sp³-hybridized carbons (Fsp3) is 0.105. The Balaban J connectivity index is 1.63. The van der Waals surface area contributed by atoms with Gasteiger partial charge in [-0.2, -0.15) is 0 Å². The summed E-state index contributed by atoms with van der Waals surface area (Å²) in [5.74, 6) is -0.542. The summed E-state index contributed by atoms with van der Waals surface area (Å²) in [6.45, 7) is 0. The quantitative estimate of drug-likeness (QED) is 0.666. The molecule has 0 bridgehead atoms. The van der Waals surface area contributed by atoms with E-state index >= 15 is 0 Å². The summed E-state index contributed by atoms with van der Waals surface area (Å²) in [6, 6.07) is 12.8. The van der Waals surface area contributed by atoms with Gasteiger partial charge in [0.15, 0.2) is 5.76 Å². The van der Waals surface area contributed by atoms with Gasteiger partial charge in [0.05, 0.1) is 0 Å². The number of benzene rings is 2. The SMILES string of the molecule is NC(Cc1ccc(Oc2ccc(C=C3OC(=O)NC3=O)cc2)cc1)C(=O)O. The van der Waals surface area contributed by atoms with Gasteiger partial charge in [-0.05, 0) is 47.9 Å². The van der Waals surface area contributed by atoms with Gasteiger partial charge in [-0.25, -0.2) is 4.79 Å². The maximum Gasteiger partial charge on any atom is 0.419 e. The molecule has 1 unspecified atom stereocenters. The van der Waals surface area contributed by atoms with Gasteiger partial charge in [0.2, 0.25) is 0 Å². The third kappa shape index (κ3) is 4.71. The van der Waals surface area contributed by atoms with Crippen LogP contribution in [-0.2, 0) is 20.7 Å². The van der Waals surface area contributed by atoms with Crippen LogP contribution in [0.3, 0.4) is 0 Å². The number of nitrogens with one attached hydrogen (secondary N) is 1. The summed E-state index contributed by atoms with van der Waals surface area (Å²) in [4.78, 5) is 33.2. The second-order valence-corrected chi connectivity index (χ2v) is 5.82. The molecule has 0 saturated carbocycles. The molecule has 1 saturated heterocycles. The van der Waals surface area contributed by atoms with E-state index in [0.717, 1.165) is 5.56 Å². The summed E-state index contributed by atoms with van der Waals surface area (Å²) in [6.07, 6.45) is 0.890. The molecular weight excluding hydrogens is 352 g/mol. The number of aliphatic carboxylic acids is 1. The van der Waals surface area contributed by atoms with Crippen molar-refractivity contribution in [3.05, 3.63) is 65.4 Å². The zero-order valence-electron chi connectivity index (χ0n) is 14.0. The Morgan fingerprint density at radius 3 is 2.22 bits per heavy atom. The van der Waals surface area contributed by atoms with Crippen LogP contribution >= 0.6 is 0 Å². The van der Waals surface area contributed by atoms with E-state index in [1.165, 1.54) is 6.08 Å². The van der Waals surface area contributed by atoms with E-state index < -0.39 is 24.0 Å². The molecule has 138 valence electrons. The standard InChI is InChI=1S/C19H16N2O6/c20-15(18(23)24)9-11-1-5-13(6-2-11)26-14-7-3-12(4-8-14)10-16-17(22)21-19(25)27-16/h1-8,10,15H,9,20H2,(H,23,24)(H,21,22,25). The topological polar surface area (TPSA) is 128 Å². The number of rotatable bonds is 6. The Morgan fingerprint density at radius 2 is 1.70 bits per heavy atom. The van der Waals surface area contributed by atoms with Gasteiger partial charge in [0.1, 0.15) is 17.5 Å². The van der Waals surface area contributed by atoms with E-state index in [1.54, 1.807) is 48.5 Å². The molecule has 0 spiro atoms. The minimum absolute atomic E-state index is 0.0659. The molecule has 8 heteroatoms. The number of nitrogens with two attached hydrogens (primary N) is 1. The smallest absolute Gasteiger partial charge is 0.419 e. The van der Waals surface area contributed by atoms with Crippen LogP contribution in [0.1, 0.15) is 11.1 Å². The fourth-order valence-electron chi connectivity index (χ4n) is 2.38. The number of ether oxygens (including phenoxy) is 2. The largest absolute Gasteiger partial charge is 0.480 e. The highest BCUT2D eigenvalue weighted by molar-refractivity contribution is 6.09. The van der Waals surface area contributed by atoms with Crippen molar-refractivity contribution in [3.63, 3.8) is 0 Å². The molecule has 1 aliphatic heterocycles. The lowest BCUT2D eigenvalue weighted by Gasteiger charge is -2.09.